The third kappa shape index (κ3) is 5.24. The molecule has 0 radical (unpaired) electrons. The van der Waals surface area contributed by atoms with E-state index in [2.05, 4.69) is 0 Å². The second-order valence-electron chi connectivity index (χ2n) is 2.60. The van der Waals surface area contributed by atoms with Crippen LogP contribution in [0, 0.1) is 0 Å². The van der Waals surface area contributed by atoms with E-state index in [9.17, 15) is 19.2 Å². The monoisotopic (exact) mass is 221 g/mol. The Balaban J connectivity index is 0. The standard InChI is InChI=1S/C7H9NO7.H2/c9-4(10)2-1-3(6(12)13)8-5(11)7(14)15;/h3H,1-2H2,(H,8,11)(H,9,10)(H,12,13)(H,14,15);1H/t3-;/m0./s1. The Labute approximate surface area is 85.0 Å². The van der Waals surface area contributed by atoms with E-state index in [4.69, 9.17) is 15.3 Å². The number of aliphatic carboxylic acids is 3. The highest BCUT2D eigenvalue weighted by Gasteiger charge is 2.23. The lowest BCUT2D eigenvalue weighted by molar-refractivity contribution is -0.152. The van der Waals surface area contributed by atoms with E-state index in [1.165, 1.54) is 0 Å². The molecule has 0 aliphatic heterocycles. The summed E-state index contributed by atoms with van der Waals surface area (Å²) < 4.78 is 0. The zero-order chi connectivity index (χ0) is 12.0. The lowest BCUT2D eigenvalue weighted by Gasteiger charge is -2.11. The molecule has 0 saturated heterocycles. The Morgan fingerprint density at radius 3 is 2.00 bits per heavy atom. The molecule has 0 unspecified atom stereocenters. The molecule has 0 aliphatic rings. The van der Waals surface area contributed by atoms with Crippen molar-refractivity contribution >= 4 is 23.8 Å². The first kappa shape index (κ1) is 12.9. The van der Waals surface area contributed by atoms with Crippen LogP contribution in [0.2, 0.25) is 0 Å². The maximum atomic E-state index is 10.6. The molecule has 0 bridgehead atoms. The number of hydrogen-bond donors (Lipinski definition) is 4. The highest BCUT2D eigenvalue weighted by molar-refractivity contribution is 6.31. The summed E-state index contributed by atoms with van der Waals surface area (Å²) in [5.41, 5.74) is 0. The first-order valence-electron chi connectivity index (χ1n) is 3.83. The van der Waals surface area contributed by atoms with Crippen LogP contribution in [0.25, 0.3) is 0 Å². The van der Waals surface area contributed by atoms with E-state index >= 15 is 0 Å². The van der Waals surface area contributed by atoms with Gasteiger partial charge in [-0.2, -0.15) is 0 Å². The smallest absolute Gasteiger partial charge is 0.394 e. The molecule has 1 amide bonds. The predicted molar refractivity (Wildman–Crippen MR) is 46.2 cm³/mol. The van der Waals surface area contributed by atoms with Crippen LogP contribution in [0.5, 0.6) is 0 Å². The molecule has 0 spiro atoms. The van der Waals surface area contributed by atoms with Crippen molar-refractivity contribution in [3.05, 3.63) is 0 Å². The van der Waals surface area contributed by atoms with Gasteiger partial charge in [-0.1, -0.05) is 0 Å². The van der Waals surface area contributed by atoms with Crippen molar-refractivity contribution in [3.8, 4) is 0 Å². The third-order valence-electron chi connectivity index (χ3n) is 1.44. The third-order valence-corrected chi connectivity index (χ3v) is 1.44. The average Bonchev–Trinajstić information content (AvgIpc) is 2.10. The van der Waals surface area contributed by atoms with Gasteiger partial charge in [-0.25, -0.2) is 9.59 Å². The normalized spacial score (nSPS) is 11.5. The zero-order valence-corrected chi connectivity index (χ0v) is 7.47. The molecule has 4 N–H and O–H groups in total. The minimum absolute atomic E-state index is 0. The number of hydrogen-bond acceptors (Lipinski definition) is 4. The number of carbonyl (C=O) groups excluding carboxylic acids is 1. The Bertz CT molecular complexity index is 303. The van der Waals surface area contributed by atoms with Gasteiger partial charge in [-0.05, 0) is 6.42 Å². The molecule has 0 fully saturated rings. The summed E-state index contributed by atoms with van der Waals surface area (Å²) in [5, 5.41) is 26.6. The first-order valence-corrected chi connectivity index (χ1v) is 3.83. The van der Waals surface area contributed by atoms with Gasteiger partial charge in [0, 0.05) is 7.85 Å². The van der Waals surface area contributed by atoms with Crippen molar-refractivity contribution in [1.82, 2.24) is 5.32 Å². The quantitative estimate of drug-likeness (QED) is 0.425. The van der Waals surface area contributed by atoms with Crippen molar-refractivity contribution in [2.24, 2.45) is 0 Å². The molecule has 0 aliphatic carbocycles. The van der Waals surface area contributed by atoms with Crippen LogP contribution < -0.4 is 5.32 Å². The Morgan fingerprint density at radius 1 is 1.13 bits per heavy atom. The summed E-state index contributed by atoms with van der Waals surface area (Å²) in [6.07, 6.45) is -0.847. The number of carbonyl (C=O) groups is 4. The van der Waals surface area contributed by atoms with Gasteiger partial charge in [0.15, 0.2) is 0 Å². The summed E-state index contributed by atoms with van der Waals surface area (Å²) in [4.78, 5) is 41.2. The molecular weight excluding hydrogens is 210 g/mol. The average molecular weight is 221 g/mol. The fraction of sp³-hybridized carbons (Fsp3) is 0.429. The maximum absolute atomic E-state index is 10.6. The summed E-state index contributed by atoms with van der Waals surface area (Å²) in [7, 11) is 0. The molecule has 0 heterocycles. The molecule has 8 nitrogen and oxygen atoms in total. The minimum Gasteiger partial charge on any atom is -0.481 e. The number of carboxylic acid groups (broad SMARTS) is 3. The number of rotatable bonds is 5. The van der Waals surface area contributed by atoms with Crippen molar-refractivity contribution < 1.29 is 35.9 Å². The van der Waals surface area contributed by atoms with E-state index in [1.807, 2.05) is 0 Å². The van der Waals surface area contributed by atoms with Gasteiger partial charge in [-0.15, -0.1) is 0 Å². The predicted octanol–water partition coefficient (Wildman–Crippen LogP) is -1.25. The highest BCUT2D eigenvalue weighted by atomic mass is 16.4. The van der Waals surface area contributed by atoms with Crippen molar-refractivity contribution in [2.75, 3.05) is 0 Å². The van der Waals surface area contributed by atoms with Gasteiger partial charge in [-0.3, -0.25) is 9.59 Å². The van der Waals surface area contributed by atoms with Gasteiger partial charge in [0.05, 0.1) is 0 Å². The van der Waals surface area contributed by atoms with Crippen LogP contribution in [0.3, 0.4) is 0 Å². The Morgan fingerprint density at radius 2 is 1.67 bits per heavy atom. The van der Waals surface area contributed by atoms with Crippen LogP contribution in [0.4, 0.5) is 0 Å². The fourth-order valence-electron chi connectivity index (χ4n) is 0.745. The summed E-state index contributed by atoms with van der Waals surface area (Å²) in [6, 6.07) is -1.51. The molecule has 15 heavy (non-hydrogen) atoms. The van der Waals surface area contributed by atoms with E-state index in [-0.39, 0.29) is 7.85 Å². The Kier molecular flexibility index (Phi) is 4.79. The van der Waals surface area contributed by atoms with Gasteiger partial charge in [0.1, 0.15) is 6.04 Å². The minimum atomic E-state index is -1.82. The van der Waals surface area contributed by atoms with E-state index in [0.29, 0.717) is 0 Å². The van der Waals surface area contributed by atoms with Crippen LogP contribution in [-0.2, 0) is 19.2 Å². The molecule has 8 heteroatoms. The second kappa shape index (κ2) is 5.58. The molecule has 0 saturated carbocycles. The molecule has 0 aromatic carbocycles. The van der Waals surface area contributed by atoms with Gasteiger partial charge < -0.3 is 20.6 Å². The second-order valence-corrected chi connectivity index (χ2v) is 2.60. The van der Waals surface area contributed by atoms with Gasteiger partial charge in [0.2, 0.25) is 0 Å². The molecule has 0 aromatic heterocycles. The molecule has 86 valence electrons. The topological polar surface area (TPSA) is 141 Å². The summed E-state index contributed by atoms with van der Waals surface area (Å²) in [6.45, 7) is 0. The van der Waals surface area contributed by atoms with Crippen LogP contribution in [0.1, 0.15) is 14.3 Å². The van der Waals surface area contributed by atoms with Crippen molar-refractivity contribution in [3.63, 3.8) is 0 Å². The number of nitrogens with one attached hydrogen (secondary N) is 1. The molecule has 0 aromatic rings. The summed E-state index contributed by atoms with van der Waals surface area (Å²) in [5.74, 6) is -6.01. The number of carboxylic acids is 3. The van der Waals surface area contributed by atoms with Gasteiger partial charge >= 0.3 is 23.8 Å². The van der Waals surface area contributed by atoms with Crippen LogP contribution in [0.15, 0.2) is 0 Å². The van der Waals surface area contributed by atoms with Gasteiger partial charge in [0.25, 0.3) is 0 Å². The largest absolute Gasteiger partial charge is 0.481 e. The lowest BCUT2D eigenvalue weighted by atomic mass is 10.1. The van der Waals surface area contributed by atoms with E-state index < -0.39 is 36.3 Å². The fourth-order valence-corrected chi connectivity index (χ4v) is 0.745. The maximum Gasteiger partial charge on any atom is 0.394 e. The lowest BCUT2D eigenvalue weighted by Crippen LogP contribution is -2.44. The SMILES string of the molecule is O=C(O)CC[C@H](NC(=O)C(=O)O)C(=O)O.[HH]. The molecule has 0 rings (SSSR count). The highest BCUT2D eigenvalue weighted by Crippen LogP contribution is 1.97. The van der Waals surface area contributed by atoms with Crippen LogP contribution >= 0.6 is 0 Å². The zero-order valence-electron chi connectivity index (χ0n) is 7.47. The van der Waals surface area contributed by atoms with E-state index in [0.717, 1.165) is 0 Å². The van der Waals surface area contributed by atoms with Crippen molar-refractivity contribution in [1.29, 1.82) is 0 Å². The van der Waals surface area contributed by atoms with Crippen LogP contribution in [-0.4, -0.2) is 45.2 Å². The van der Waals surface area contributed by atoms with Crippen molar-refractivity contribution in [2.45, 2.75) is 18.9 Å². The molecular formula is C7H11NO7. The Hall–Kier alpha value is -2.12. The first-order chi connectivity index (χ1) is 6.84. The molecule has 1 atom stereocenters. The van der Waals surface area contributed by atoms with E-state index in [1.54, 1.807) is 5.32 Å². The number of amides is 1. The summed E-state index contributed by atoms with van der Waals surface area (Å²) >= 11 is 0.